The van der Waals surface area contributed by atoms with Crippen molar-refractivity contribution in [3.8, 4) is 0 Å². The topological polar surface area (TPSA) is 75.9 Å². The van der Waals surface area contributed by atoms with Crippen molar-refractivity contribution in [2.45, 2.75) is 51.6 Å². The van der Waals surface area contributed by atoms with Gasteiger partial charge in [-0.05, 0) is 39.0 Å². The number of nitrogens with zero attached hydrogens (tertiary/aromatic N) is 3. The number of carbonyl (C=O) groups is 2. The molecule has 2 amide bonds. The fraction of sp³-hybridized carbons (Fsp3) is 0.737. The second-order valence-corrected chi connectivity index (χ2v) is 8.09. The van der Waals surface area contributed by atoms with E-state index in [-0.39, 0.29) is 23.3 Å². The highest BCUT2D eigenvalue weighted by molar-refractivity contribution is 5.80. The summed E-state index contributed by atoms with van der Waals surface area (Å²) in [6, 6.07) is 0. The number of carbonyl (C=O) groups excluding carboxylic acids is 2. The lowest BCUT2D eigenvalue weighted by atomic mass is 9.85. The quantitative estimate of drug-likeness (QED) is 0.812. The Hall–Kier alpha value is -1.89. The molecule has 0 bridgehead atoms. The first-order valence-electron chi connectivity index (χ1n) is 9.57. The first-order chi connectivity index (χ1) is 12.5. The summed E-state index contributed by atoms with van der Waals surface area (Å²) < 4.78 is 11.2. The Morgan fingerprint density at radius 3 is 2.54 bits per heavy atom. The second-order valence-electron chi connectivity index (χ2n) is 8.09. The van der Waals surface area contributed by atoms with Gasteiger partial charge in [0.2, 0.25) is 11.8 Å². The fourth-order valence-corrected chi connectivity index (χ4v) is 4.48. The molecule has 0 aromatic carbocycles. The number of likely N-dealkylation sites (tertiary alicyclic amines) is 2. The van der Waals surface area contributed by atoms with Crippen molar-refractivity contribution in [3.63, 3.8) is 0 Å². The molecule has 0 radical (unpaired) electrons. The maximum absolute atomic E-state index is 12.5. The van der Waals surface area contributed by atoms with E-state index < -0.39 is 0 Å². The van der Waals surface area contributed by atoms with Crippen LogP contribution >= 0.6 is 0 Å². The van der Waals surface area contributed by atoms with Gasteiger partial charge in [-0.15, -0.1) is 0 Å². The molecular weight excluding hydrogens is 334 g/mol. The lowest BCUT2D eigenvalue weighted by molar-refractivity contribution is -0.157. The summed E-state index contributed by atoms with van der Waals surface area (Å²) in [6.07, 6.45) is 4.03. The van der Waals surface area contributed by atoms with E-state index in [4.69, 9.17) is 9.26 Å². The largest absolute Gasteiger partial charge is 0.371 e. The van der Waals surface area contributed by atoms with Gasteiger partial charge in [-0.3, -0.25) is 9.59 Å². The van der Waals surface area contributed by atoms with Gasteiger partial charge < -0.3 is 19.1 Å². The molecule has 4 heterocycles. The summed E-state index contributed by atoms with van der Waals surface area (Å²) in [5, 5.41) is 3.91. The van der Waals surface area contributed by atoms with Crippen LogP contribution in [0.4, 0.5) is 0 Å². The monoisotopic (exact) mass is 361 g/mol. The van der Waals surface area contributed by atoms with Gasteiger partial charge >= 0.3 is 0 Å². The molecule has 0 saturated carbocycles. The van der Waals surface area contributed by atoms with Crippen LogP contribution in [0, 0.1) is 19.8 Å². The summed E-state index contributed by atoms with van der Waals surface area (Å²) in [5.74, 6) is 1.34. The number of hydrogen-bond acceptors (Lipinski definition) is 5. The summed E-state index contributed by atoms with van der Waals surface area (Å²) in [6.45, 7) is 7.39. The van der Waals surface area contributed by atoms with Crippen LogP contribution in [-0.2, 0) is 20.7 Å². The molecule has 0 aliphatic carbocycles. The van der Waals surface area contributed by atoms with Gasteiger partial charge in [-0.25, -0.2) is 0 Å². The zero-order valence-corrected chi connectivity index (χ0v) is 15.6. The van der Waals surface area contributed by atoms with Gasteiger partial charge in [-0.1, -0.05) is 5.16 Å². The molecule has 3 fully saturated rings. The standard InChI is InChI=1S/C19H27N3O4/c1-13-16(14(2)26-20-13)8-18(24)22-11-19(12-22)9-15(10-25-19)7-17(23)21-5-3-4-6-21/h15H,3-12H2,1-2H3. The minimum atomic E-state index is -0.232. The highest BCUT2D eigenvalue weighted by Crippen LogP contribution is 2.39. The van der Waals surface area contributed by atoms with Crippen molar-refractivity contribution in [3.05, 3.63) is 17.0 Å². The van der Waals surface area contributed by atoms with Crippen LogP contribution in [0.1, 0.15) is 42.7 Å². The Morgan fingerprint density at radius 1 is 1.15 bits per heavy atom. The maximum Gasteiger partial charge on any atom is 0.227 e. The van der Waals surface area contributed by atoms with Gasteiger partial charge in [0, 0.05) is 25.1 Å². The third kappa shape index (κ3) is 3.24. The predicted octanol–water partition coefficient (Wildman–Crippen LogP) is 1.46. The van der Waals surface area contributed by atoms with Crippen molar-refractivity contribution in [1.29, 1.82) is 0 Å². The number of amides is 2. The van der Waals surface area contributed by atoms with Crippen LogP contribution in [0.5, 0.6) is 0 Å². The molecule has 1 aromatic heterocycles. The SMILES string of the molecule is Cc1noc(C)c1CC(=O)N1CC2(CC(CC(=O)N3CCCC3)CO2)C1. The molecule has 1 unspecified atom stereocenters. The van der Waals surface area contributed by atoms with Crippen LogP contribution in [0.3, 0.4) is 0 Å². The third-order valence-corrected chi connectivity index (χ3v) is 6.03. The van der Waals surface area contributed by atoms with Gasteiger partial charge in [0.25, 0.3) is 0 Å². The Kier molecular flexibility index (Phi) is 4.50. The average molecular weight is 361 g/mol. The van der Waals surface area contributed by atoms with Crippen LogP contribution in [0.2, 0.25) is 0 Å². The lowest BCUT2D eigenvalue weighted by Crippen LogP contribution is -2.63. The second kappa shape index (κ2) is 6.68. The van der Waals surface area contributed by atoms with Crippen molar-refractivity contribution >= 4 is 11.8 Å². The number of ether oxygens (including phenoxy) is 1. The van der Waals surface area contributed by atoms with Crippen LogP contribution in [-0.4, -0.2) is 65.2 Å². The first-order valence-corrected chi connectivity index (χ1v) is 9.57. The fourth-order valence-electron chi connectivity index (χ4n) is 4.48. The van der Waals surface area contributed by atoms with E-state index in [1.807, 2.05) is 23.6 Å². The van der Waals surface area contributed by atoms with Crippen molar-refractivity contribution in [2.75, 3.05) is 32.8 Å². The summed E-state index contributed by atoms with van der Waals surface area (Å²) in [5.41, 5.74) is 1.44. The molecule has 3 aliphatic rings. The molecule has 1 spiro atoms. The number of rotatable bonds is 4. The molecule has 142 valence electrons. The summed E-state index contributed by atoms with van der Waals surface area (Å²) in [4.78, 5) is 28.7. The van der Waals surface area contributed by atoms with Crippen molar-refractivity contribution < 1.29 is 18.8 Å². The van der Waals surface area contributed by atoms with E-state index in [2.05, 4.69) is 5.16 Å². The van der Waals surface area contributed by atoms with Crippen molar-refractivity contribution in [1.82, 2.24) is 15.0 Å². The summed E-state index contributed by atoms with van der Waals surface area (Å²) in [7, 11) is 0. The molecule has 26 heavy (non-hydrogen) atoms. The van der Waals surface area contributed by atoms with Crippen LogP contribution < -0.4 is 0 Å². The van der Waals surface area contributed by atoms with Gasteiger partial charge in [0.15, 0.2) is 0 Å². The molecule has 7 nitrogen and oxygen atoms in total. The molecule has 3 aliphatic heterocycles. The molecule has 7 heteroatoms. The molecule has 4 rings (SSSR count). The van der Waals surface area contributed by atoms with Gasteiger partial charge in [0.1, 0.15) is 11.4 Å². The average Bonchev–Trinajstić information content (AvgIpc) is 3.30. The molecular formula is C19H27N3O4. The first kappa shape index (κ1) is 17.5. The molecule has 3 saturated heterocycles. The maximum atomic E-state index is 12.5. The number of hydrogen-bond donors (Lipinski definition) is 0. The molecule has 1 atom stereocenters. The third-order valence-electron chi connectivity index (χ3n) is 6.03. The number of aromatic nitrogens is 1. The zero-order chi connectivity index (χ0) is 18.3. The normalized spacial score (nSPS) is 24.3. The highest BCUT2D eigenvalue weighted by atomic mass is 16.5. The lowest BCUT2D eigenvalue weighted by Gasteiger charge is -2.47. The van der Waals surface area contributed by atoms with E-state index in [1.54, 1.807) is 0 Å². The predicted molar refractivity (Wildman–Crippen MR) is 93.5 cm³/mol. The zero-order valence-electron chi connectivity index (χ0n) is 15.6. The van der Waals surface area contributed by atoms with Crippen LogP contribution in [0.15, 0.2) is 4.52 Å². The van der Waals surface area contributed by atoms with E-state index in [0.717, 1.165) is 43.6 Å². The van der Waals surface area contributed by atoms with Crippen molar-refractivity contribution in [2.24, 2.45) is 5.92 Å². The smallest absolute Gasteiger partial charge is 0.227 e. The Bertz CT molecular complexity index is 682. The minimum absolute atomic E-state index is 0.0882. The summed E-state index contributed by atoms with van der Waals surface area (Å²) >= 11 is 0. The Balaban J connectivity index is 1.26. The Morgan fingerprint density at radius 2 is 1.88 bits per heavy atom. The highest BCUT2D eigenvalue weighted by Gasteiger charge is 2.51. The number of aryl methyl sites for hydroxylation is 2. The van der Waals surface area contributed by atoms with Gasteiger partial charge in [-0.2, -0.15) is 0 Å². The Labute approximate surface area is 153 Å². The van der Waals surface area contributed by atoms with E-state index in [9.17, 15) is 9.59 Å². The van der Waals surface area contributed by atoms with E-state index in [0.29, 0.717) is 38.3 Å². The van der Waals surface area contributed by atoms with Crippen LogP contribution in [0.25, 0.3) is 0 Å². The van der Waals surface area contributed by atoms with E-state index in [1.165, 1.54) is 0 Å². The van der Waals surface area contributed by atoms with E-state index >= 15 is 0 Å². The minimum Gasteiger partial charge on any atom is -0.371 e. The molecule has 1 aromatic rings. The van der Waals surface area contributed by atoms with Gasteiger partial charge in [0.05, 0.1) is 31.8 Å². The molecule has 0 N–H and O–H groups in total.